The zero-order chi connectivity index (χ0) is 10.6. The molecule has 1 saturated carbocycles. The molecule has 0 saturated heterocycles. The van der Waals surface area contributed by atoms with Crippen molar-refractivity contribution >= 4 is 19.7 Å². The van der Waals surface area contributed by atoms with Crippen LogP contribution in [0.2, 0.25) is 0 Å². The highest BCUT2D eigenvalue weighted by molar-refractivity contribution is 8.13. The minimum absolute atomic E-state index is 0.0598. The summed E-state index contributed by atoms with van der Waals surface area (Å²) in [6.45, 7) is 0. The van der Waals surface area contributed by atoms with Crippen molar-refractivity contribution in [3.8, 4) is 0 Å². The van der Waals surface area contributed by atoms with Gasteiger partial charge >= 0.3 is 0 Å². The smallest absolute Gasteiger partial charge is 0.235 e. The molecule has 0 aliphatic heterocycles. The summed E-state index contributed by atoms with van der Waals surface area (Å²) in [7, 11) is 3.34. The van der Waals surface area contributed by atoms with Crippen LogP contribution >= 0.6 is 10.7 Å². The fraction of sp³-hybridized carbons (Fsp3) is 1.00. The molecule has 0 aromatic heterocycles. The Kier molecular flexibility index (Phi) is 4.67. The topological polar surface area (TPSA) is 43.4 Å². The van der Waals surface area contributed by atoms with Crippen molar-refractivity contribution < 1.29 is 13.2 Å². The van der Waals surface area contributed by atoms with Crippen molar-refractivity contribution in [2.45, 2.75) is 38.2 Å². The normalized spacial score (nSPS) is 22.1. The lowest BCUT2D eigenvalue weighted by atomic mass is 9.86. The molecule has 0 aromatic carbocycles. The Labute approximate surface area is 90.2 Å². The SMILES string of the molecule is CO[C@H](CS(=O)(=O)Cl)C1CCCCC1. The second-order valence-electron chi connectivity index (χ2n) is 3.88. The zero-order valence-electron chi connectivity index (χ0n) is 8.41. The molecule has 1 aliphatic rings. The molecule has 0 amide bonds. The van der Waals surface area contributed by atoms with Crippen LogP contribution in [0.1, 0.15) is 32.1 Å². The standard InChI is InChI=1S/C9H17ClO3S/c1-13-9(7-14(10,11)12)8-5-3-2-4-6-8/h8-9H,2-7H2,1H3/t9-/m1/s1. The second-order valence-corrected chi connectivity index (χ2v) is 6.70. The molecule has 0 heterocycles. The summed E-state index contributed by atoms with van der Waals surface area (Å²) < 4.78 is 27.1. The molecule has 14 heavy (non-hydrogen) atoms. The van der Waals surface area contributed by atoms with Gasteiger partial charge in [0, 0.05) is 17.8 Å². The first-order valence-electron chi connectivity index (χ1n) is 4.98. The molecular weight excluding hydrogens is 224 g/mol. The van der Waals surface area contributed by atoms with E-state index in [2.05, 4.69) is 0 Å². The van der Waals surface area contributed by atoms with Crippen molar-refractivity contribution in [3.05, 3.63) is 0 Å². The van der Waals surface area contributed by atoms with Gasteiger partial charge in [-0.3, -0.25) is 0 Å². The highest BCUT2D eigenvalue weighted by Gasteiger charge is 2.27. The minimum atomic E-state index is -3.44. The van der Waals surface area contributed by atoms with Crippen LogP contribution in [0, 0.1) is 5.92 Å². The third-order valence-electron chi connectivity index (χ3n) is 2.84. The monoisotopic (exact) mass is 240 g/mol. The molecule has 84 valence electrons. The van der Waals surface area contributed by atoms with E-state index in [-0.39, 0.29) is 11.9 Å². The predicted octanol–water partition coefficient (Wildman–Crippen LogP) is 2.15. The van der Waals surface area contributed by atoms with E-state index in [0.29, 0.717) is 5.92 Å². The van der Waals surface area contributed by atoms with E-state index in [1.807, 2.05) is 0 Å². The first kappa shape index (κ1) is 12.3. The van der Waals surface area contributed by atoms with E-state index in [1.54, 1.807) is 7.11 Å². The summed E-state index contributed by atoms with van der Waals surface area (Å²) in [5.74, 6) is 0.303. The van der Waals surface area contributed by atoms with Gasteiger partial charge in [-0.1, -0.05) is 19.3 Å². The molecule has 1 fully saturated rings. The van der Waals surface area contributed by atoms with Gasteiger partial charge in [-0.15, -0.1) is 0 Å². The Balaban J connectivity index is 2.52. The molecule has 0 spiro atoms. The summed E-state index contributed by atoms with van der Waals surface area (Å²) in [6.07, 6.45) is 5.49. The summed E-state index contributed by atoms with van der Waals surface area (Å²) in [5, 5.41) is 0. The summed E-state index contributed by atoms with van der Waals surface area (Å²) >= 11 is 0. The molecule has 3 nitrogen and oxygen atoms in total. The quantitative estimate of drug-likeness (QED) is 0.708. The maximum Gasteiger partial charge on any atom is 0.235 e. The number of hydrogen-bond donors (Lipinski definition) is 0. The van der Waals surface area contributed by atoms with E-state index >= 15 is 0 Å². The summed E-state index contributed by atoms with van der Waals surface area (Å²) in [6, 6.07) is 0. The van der Waals surface area contributed by atoms with Crippen molar-refractivity contribution in [3.63, 3.8) is 0 Å². The van der Waals surface area contributed by atoms with E-state index in [4.69, 9.17) is 15.4 Å². The Morgan fingerprint density at radius 1 is 1.36 bits per heavy atom. The average Bonchev–Trinajstić information content (AvgIpc) is 2.14. The van der Waals surface area contributed by atoms with Gasteiger partial charge < -0.3 is 4.74 Å². The summed E-state index contributed by atoms with van der Waals surface area (Å²) in [4.78, 5) is 0. The van der Waals surface area contributed by atoms with Crippen LogP contribution < -0.4 is 0 Å². The largest absolute Gasteiger partial charge is 0.380 e. The molecule has 0 unspecified atom stereocenters. The number of rotatable bonds is 4. The molecular formula is C9H17ClO3S. The van der Waals surface area contributed by atoms with Gasteiger partial charge in [-0.25, -0.2) is 8.42 Å². The lowest BCUT2D eigenvalue weighted by Gasteiger charge is -2.28. The minimum Gasteiger partial charge on any atom is -0.380 e. The van der Waals surface area contributed by atoms with Gasteiger partial charge in [0.1, 0.15) is 0 Å². The number of ether oxygens (including phenoxy) is 1. The molecule has 1 aliphatic carbocycles. The molecule has 1 rings (SSSR count). The number of halogens is 1. The Bertz CT molecular complexity index is 257. The van der Waals surface area contributed by atoms with E-state index in [1.165, 1.54) is 19.3 Å². The number of hydrogen-bond acceptors (Lipinski definition) is 3. The first-order valence-corrected chi connectivity index (χ1v) is 7.46. The maximum absolute atomic E-state index is 10.9. The molecule has 0 bridgehead atoms. The Hall–Kier alpha value is 0.200. The third-order valence-corrected chi connectivity index (χ3v) is 3.95. The second kappa shape index (κ2) is 5.33. The van der Waals surface area contributed by atoms with Crippen LogP contribution in [-0.2, 0) is 13.8 Å². The highest BCUT2D eigenvalue weighted by atomic mass is 35.7. The maximum atomic E-state index is 10.9. The van der Waals surface area contributed by atoms with E-state index in [9.17, 15) is 8.42 Å². The van der Waals surface area contributed by atoms with Crippen molar-refractivity contribution in [2.24, 2.45) is 5.92 Å². The Morgan fingerprint density at radius 3 is 2.36 bits per heavy atom. The van der Waals surface area contributed by atoms with Crippen molar-refractivity contribution in [1.82, 2.24) is 0 Å². The summed E-state index contributed by atoms with van der Waals surface area (Å²) in [5.41, 5.74) is 0. The highest BCUT2D eigenvalue weighted by Crippen LogP contribution is 2.28. The zero-order valence-corrected chi connectivity index (χ0v) is 9.98. The van der Waals surface area contributed by atoms with Crippen LogP contribution in [0.4, 0.5) is 0 Å². The van der Waals surface area contributed by atoms with Gasteiger partial charge in [0.2, 0.25) is 9.05 Å². The number of methoxy groups -OCH3 is 1. The van der Waals surface area contributed by atoms with Crippen LogP contribution in [0.25, 0.3) is 0 Å². The van der Waals surface area contributed by atoms with E-state index in [0.717, 1.165) is 12.8 Å². The predicted molar refractivity (Wildman–Crippen MR) is 57.0 cm³/mol. The van der Waals surface area contributed by atoms with Crippen LogP contribution in [-0.4, -0.2) is 27.4 Å². The van der Waals surface area contributed by atoms with Crippen LogP contribution in [0.3, 0.4) is 0 Å². The van der Waals surface area contributed by atoms with Crippen LogP contribution in [0.15, 0.2) is 0 Å². The molecule has 0 aromatic rings. The molecule has 0 N–H and O–H groups in total. The lowest BCUT2D eigenvalue weighted by Crippen LogP contribution is -2.30. The van der Waals surface area contributed by atoms with Gasteiger partial charge in [0.25, 0.3) is 0 Å². The molecule has 0 radical (unpaired) electrons. The van der Waals surface area contributed by atoms with Crippen molar-refractivity contribution in [1.29, 1.82) is 0 Å². The molecule has 5 heteroatoms. The van der Waals surface area contributed by atoms with Gasteiger partial charge in [-0.05, 0) is 18.8 Å². The Morgan fingerprint density at radius 2 is 1.93 bits per heavy atom. The third kappa shape index (κ3) is 4.15. The van der Waals surface area contributed by atoms with Gasteiger partial charge in [-0.2, -0.15) is 0 Å². The first-order chi connectivity index (χ1) is 6.53. The van der Waals surface area contributed by atoms with E-state index < -0.39 is 9.05 Å². The average molecular weight is 241 g/mol. The van der Waals surface area contributed by atoms with Crippen molar-refractivity contribution in [2.75, 3.05) is 12.9 Å². The van der Waals surface area contributed by atoms with Gasteiger partial charge in [0.05, 0.1) is 11.9 Å². The lowest BCUT2D eigenvalue weighted by molar-refractivity contribution is 0.0533. The fourth-order valence-electron chi connectivity index (χ4n) is 2.10. The van der Waals surface area contributed by atoms with Crippen LogP contribution in [0.5, 0.6) is 0 Å². The molecule has 1 atom stereocenters. The fourth-order valence-corrected chi connectivity index (χ4v) is 3.27. The van der Waals surface area contributed by atoms with Gasteiger partial charge in [0.15, 0.2) is 0 Å².